The van der Waals surface area contributed by atoms with Crippen LogP contribution < -0.4 is 4.74 Å². The largest absolute Gasteiger partial charge is 0.494 e. The molecule has 1 aromatic carbocycles. The van der Waals surface area contributed by atoms with Crippen LogP contribution >= 0.6 is 0 Å². The Balaban J connectivity index is 0.000000500. The van der Waals surface area contributed by atoms with Gasteiger partial charge in [-0.2, -0.15) is 0 Å². The van der Waals surface area contributed by atoms with Crippen molar-refractivity contribution in [3.8, 4) is 5.75 Å². The SMILES string of the molecule is CCC.CCc1ccc(F)c(OC)c1. The molecule has 0 saturated heterocycles. The Labute approximate surface area is 85.9 Å². The lowest BCUT2D eigenvalue weighted by molar-refractivity contribution is 0.386. The van der Waals surface area contributed by atoms with Crippen molar-refractivity contribution < 1.29 is 9.13 Å². The zero-order valence-corrected chi connectivity index (χ0v) is 9.43. The molecule has 0 aliphatic carbocycles. The summed E-state index contributed by atoms with van der Waals surface area (Å²) in [6.45, 7) is 6.27. The van der Waals surface area contributed by atoms with Crippen molar-refractivity contribution >= 4 is 0 Å². The van der Waals surface area contributed by atoms with Crippen LogP contribution in [0.3, 0.4) is 0 Å². The fourth-order valence-electron chi connectivity index (χ4n) is 0.924. The number of ether oxygens (including phenoxy) is 1. The van der Waals surface area contributed by atoms with Crippen molar-refractivity contribution in [1.82, 2.24) is 0 Å². The lowest BCUT2D eigenvalue weighted by atomic mass is 10.1. The van der Waals surface area contributed by atoms with Gasteiger partial charge in [0, 0.05) is 0 Å². The molecule has 0 spiro atoms. The maximum absolute atomic E-state index is 12.8. The van der Waals surface area contributed by atoms with E-state index in [1.807, 2.05) is 6.92 Å². The van der Waals surface area contributed by atoms with E-state index < -0.39 is 0 Å². The maximum atomic E-state index is 12.8. The second-order valence-electron chi connectivity index (χ2n) is 3.03. The first-order chi connectivity index (χ1) is 6.69. The van der Waals surface area contributed by atoms with Gasteiger partial charge in [0.15, 0.2) is 11.6 Å². The molecule has 0 atom stereocenters. The number of hydrogen-bond acceptors (Lipinski definition) is 1. The number of halogens is 1. The molecule has 80 valence electrons. The van der Waals surface area contributed by atoms with Gasteiger partial charge in [-0.25, -0.2) is 4.39 Å². The highest BCUT2D eigenvalue weighted by molar-refractivity contribution is 5.30. The summed E-state index contributed by atoms with van der Waals surface area (Å²) in [5, 5.41) is 0. The van der Waals surface area contributed by atoms with Gasteiger partial charge in [-0.3, -0.25) is 0 Å². The Morgan fingerprint density at radius 2 is 1.79 bits per heavy atom. The summed E-state index contributed by atoms with van der Waals surface area (Å²) in [4.78, 5) is 0. The van der Waals surface area contributed by atoms with Gasteiger partial charge in [0.2, 0.25) is 0 Å². The van der Waals surface area contributed by atoms with E-state index in [9.17, 15) is 4.39 Å². The van der Waals surface area contributed by atoms with E-state index in [0.29, 0.717) is 5.75 Å². The summed E-state index contributed by atoms with van der Waals surface area (Å²) >= 11 is 0. The van der Waals surface area contributed by atoms with Gasteiger partial charge in [-0.1, -0.05) is 33.3 Å². The average molecular weight is 198 g/mol. The number of hydrogen-bond donors (Lipinski definition) is 0. The van der Waals surface area contributed by atoms with Crippen molar-refractivity contribution in [2.24, 2.45) is 0 Å². The molecule has 0 unspecified atom stereocenters. The van der Waals surface area contributed by atoms with E-state index in [1.165, 1.54) is 19.6 Å². The minimum absolute atomic E-state index is 0.301. The highest BCUT2D eigenvalue weighted by Crippen LogP contribution is 2.17. The third kappa shape index (κ3) is 4.26. The summed E-state index contributed by atoms with van der Waals surface area (Å²) in [5.74, 6) is 0.0223. The van der Waals surface area contributed by atoms with E-state index in [2.05, 4.69) is 13.8 Å². The van der Waals surface area contributed by atoms with Crippen molar-refractivity contribution in [3.05, 3.63) is 29.6 Å². The second kappa shape index (κ2) is 7.36. The summed E-state index contributed by atoms with van der Waals surface area (Å²) < 4.78 is 17.6. The zero-order valence-electron chi connectivity index (χ0n) is 9.43. The molecule has 1 nitrogen and oxygen atoms in total. The molecule has 0 saturated carbocycles. The third-order valence-electron chi connectivity index (χ3n) is 1.62. The van der Waals surface area contributed by atoms with Gasteiger partial charge in [-0.15, -0.1) is 0 Å². The molecular formula is C12H19FO. The molecule has 1 rings (SSSR count). The predicted octanol–water partition coefficient (Wildman–Crippen LogP) is 3.81. The number of aryl methyl sites for hydroxylation is 1. The molecule has 0 heterocycles. The Kier molecular flexibility index (Phi) is 6.81. The molecule has 2 heteroatoms. The van der Waals surface area contributed by atoms with Crippen molar-refractivity contribution in [1.29, 1.82) is 0 Å². The average Bonchev–Trinajstić information content (AvgIpc) is 2.20. The van der Waals surface area contributed by atoms with Crippen LogP contribution in [-0.2, 0) is 6.42 Å². The Bertz CT molecular complexity index is 258. The molecule has 1 aromatic rings. The van der Waals surface area contributed by atoms with Crippen LogP contribution in [0, 0.1) is 5.82 Å². The first-order valence-corrected chi connectivity index (χ1v) is 5.01. The molecule has 0 amide bonds. The van der Waals surface area contributed by atoms with Crippen LogP contribution in [0.4, 0.5) is 4.39 Å². The second-order valence-corrected chi connectivity index (χ2v) is 3.03. The smallest absolute Gasteiger partial charge is 0.165 e. The molecular weight excluding hydrogens is 179 g/mol. The minimum Gasteiger partial charge on any atom is -0.494 e. The number of benzene rings is 1. The van der Waals surface area contributed by atoms with Gasteiger partial charge < -0.3 is 4.74 Å². The number of rotatable bonds is 2. The Hall–Kier alpha value is -1.05. The van der Waals surface area contributed by atoms with Gasteiger partial charge in [0.1, 0.15) is 0 Å². The monoisotopic (exact) mass is 198 g/mol. The summed E-state index contributed by atoms with van der Waals surface area (Å²) in [5.41, 5.74) is 1.09. The van der Waals surface area contributed by atoms with Crippen LogP contribution in [0.1, 0.15) is 32.8 Å². The lowest BCUT2D eigenvalue weighted by Crippen LogP contribution is -1.89. The first-order valence-electron chi connectivity index (χ1n) is 5.01. The van der Waals surface area contributed by atoms with E-state index in [0.717, 1.165) is 12.0 Å². The van der Waals surface area contributed by atoms with E-state index in [-0.39, 0.29) is 5.82 Å². The van der Waals surface area contributed by atoms with Crippen LogP contribution in [0.2, 0.25) is 0 Å². The van der Waals surface area contributed by atoms with Crippen LogP contribution in [-0.4, -0.2) is 7.11 Å². The topological polar surface area (TPSA) is 9.23 Å². The highest BCUT2D eigenvalue weighted by Gasteiger charge is 2.00. The third-order valence-corrected chi connectivity index (χ3v) is 1.62. The molecule has 0 aromatic heterocycles. The van der Waals surface area contributed by atoms with Crippen molar-refractivity contribution in [2.45, 2.75) is 33.6 Å². The normalized spacial score (nSPS) is 8.93. The number of methoxy groups -OCH3 is 1. The zero-order chi connectivity index (χ0) is 11.0. The fraction of sp³-hybridized carbons (Fsp3) is 0.500. The van der Waals surface area contributed by atoms with Gasteiger partial charge >= 0.3 is 0 Å². The minimum atomic E-state index is -0.301. The molecule has 0 bridgehead atoms. The summed E-state index contributed by atoms with van der Waals surface area (Å²) in [6.07, 6.45) is 2.15. The molecule has 0 aliphatic heterocycles. The summed E-state index contributed by atoms with van der Waals surface area (Å²) in [6, 6.07) is 4.91. The van der Waals surface area contributed by atoms with Gasteiger partial charge in [0.25, 0.3) is 0 Å². The van der Waals surface area contributed by atoms with Gasteiger partial charge in [0.05, 0.1) is 7.11 Å². The van der Waals surface area contributed by atoms with Gasteiger partial charge in [-0.05, 0) is 24.1 Å². The van der Waals surface area contributed by atoms with Crippen LogP contribution in [0.5, 0.6) is 5.75 Å². The molecule has 0 radical (unpaired) electrons. The Morgan fingerprint density at radius 1 is 1.21 bits per heavy atom. The first kappa shape index (κ1) is 12.9. The Morgan fingerprint density at radius 3 is 2.21 bits per heavy atom. The maximum Gasteiger partial charge on any atom is 0.165 e. The molecule has 14 heavy (non-hydrogen) atoms. The lowest BCUT2D eigenvalue weighted by Gasteiger charge is -2.02. The molecule has 0 fully saturated rings. The fourth-order valence-corrected chi connectivity index (χ4v) is 0.924. The van der Waals surface area contributed by atoms with Crippen molar-refractivity contribution in [3.63, 3.8) is 0 Å². The van der Waals surface area contributed by atoms with Crippen LogP contribution in [0.25, 0.3) is 0 Å². The highest BCUT2D eigenvalue weighted by atomic mass is 19.1. The molecule has 0 aliphatic rings. The molecule has 0 N–H and O–H groups in total. The van der Waals surface area contributed by atoms with E-state index in [1.54, 1.807) is 12.1 Å². The van der Waals surface area contributed by atoms with Crippen LogP contribution in [0.15, 0.2) is 18.2 Å². The standard InChI is InChI=1S/C9H11FO.C3H8/c1-3-7-4-5-8(10)9(6-7)11-2;1-3-2/h4-6H,3H2,1-2H3;3H2,1-2H3. The van der Waals surface area contributed by atoms with E-state index >= 15 is 0 Å². The quantitative estimate of drug-likeness (QED) is 0.702. The van der Waals surface area contributed by atoms with E-state index in [4.69, 9.17) is 4.74 Å². The van der Waals surface area contributed by atoms with Crippen molar-refractivity contribution in [2.75, 3.05) is 7.11 Å². The summed E-state index contributed by atoms with van der Waals surface area (Å²) in [7, 11) is 1.47. The predicted molar refractivity (Wildman–Crippen MR) is 58.3 cm³/mol.